The number of esters is 2. The van der Waals surface area contributed by atoms with Gasteiger partial charge in [0.05, 0.1) is 6.61 Å². The summed E-state index contributed by atoms with van der Waals surface area (Å²) in [4.78, 5) is 25.2. The molecule has 0 amide bonds. The van der Waals surface area contributed by atoms with Gasteiger partial charge in [-0.15, -0.1) is 0 Å². The summed E-state index contributed by atoms with van der Waals surface area (Å²) in [5, 5.41) is 0. The molecule has 0 aromatic rings. The Morgan fingerprint density at radius 3 is 1.22 bits per heavy atom. The van der Waals surface area contributed by atoms with Crippen LogP contribution in [0.15, 0.2) is 109 Å². The minimum Gasteiger partial charge on any atom is -0.462 e. The summed E-state index contributed by atoms with van der Waals surface area (Å²) >= 11 is 0. The van der Waals surface area contributed by atoms with E-state index in [0.29, 0.717) is 19.4 Å². The van der Waals surface area contributed by atoms with Gasteiger partial charge in [0.15, 0.2) is 6.10 Å². The summed E-state index contributed by atoms with van der Waals surface area (Å²) in [6.45, 7) is 7.47. The second-order valence-corrected chi connectivity index (χ2v) is 15.6. The molecule has 0 aliphatic heterocycles. The molecule has 0 aromatic heterocycles. The van der Waals surface area contributed by atoms with Crippen LogP contribution in [-0.2, 0) is 23.8 Å². The molecular weight excluding hydrogens is 741 g/mol. The fourth-order valence-electron chi connectivity index (χ4n) is 6.23. The van der Waals surface area contributed by atoms with Gasteiger partial charge >= 0.3 is 11.9 Å². The first-order valence-electron chi connectivity index (χ1n) is 24.4. The molecule has 0 fully saturated rings. The van der Waals surface area contributed by atoms with E-state index in [0.717, 1.165) is 122 Å². The molecule has 0 aliphatic rings. The van der Waals surface area contributed by atoms with Crippen LogP contribution in [0.5, 0.6) is 0 Å². The minimum atomic E-state index is -0.563. The fraction of sp³-hybridized carbons (Fsp3) is 0.636. The van der Waals surface area contributed by atoms with Crippen molar-refractivity contribution in [3.8, 4) is 0 Å². The third-order valence-corrected chi connectivity index (χ3v) is 9.80. The Bertz CT molecular complexity index is 1210. The van der Waals surface area contributed by atoms with E-state index >= 15 is 0 Å². The number of hydrogen-bond donors (Lipinski definition) is 0. The van der Waals surface area contributed by atoms with Crippen molar-refractivity contribution in [2.24, 2.45) is 0 Å². The first-order valence-corrected chi connectivity index (χ1v) is 24.4. The van der Waals surface area contributed by atoms with Crippen LogP contribution in [0, 0.1) is 0 Å². The van der Waals surface area contributed by atoms with Gasteiger partial charge in [0, 0.05) is 19.4 Å². The minimum absolute atomic E-state index is 0.0545. The number of allylic oxidation sites excluding steroid dienone is 18. The van der Waals surface area contributed by atoms with Crippen LogP contribution >= 0.6 is 0 Å². The maximum absolute atomic E-state index is 12.7. The van der Waals surface area contributed by atoms with E-state index in [1.807, 2.05) is 0 Å². The number of unbranched alkanes of at least 4 members (excludes halogenated alkanes) is 14. The van der Waals surface area contributed by atoms with Gasteiger partial charge < -0.3 is 14.2 Å². The van der Waals surface area contributed by atoms with E-state index in [4.69, 9.17) is 14.2 Å². The number of carbonyl (C=O) groups is 2. The van der Waals surface area contributed by atoms with Crippen LogP contribution in [0.3, 0.4) is 0 Å². The van der Waals surface area contributed by atoms with Crippen molar-refractivity contribution in [3.05, 3.63) is 109 Å². The Labute approximate surface area is 370 Å². The molecule has 0 bridgehead atoms. The molecule has 0 spiro atoms. The Balaban J connectivity index is 4.25. The van der Waals surface area contributed by atoms with Gasteiger partial charge in [-0.05, 0) is 103 Å². The summed E-state index contributed by atoms with van der Waals surface area (Å²) in [7, 11) is 0. The van der Waals surface area contributed by atoms with Crippen LogP contribution in [-0.4, -0.2) is 37.9 Å². The fourth-order valence-corrected chi connectivity index (χ4v) is 6.23. The quantitative estimate of drug-likeness (QED) is 0.0348. The summed E-state index contributed by atoms with van der Waals surface area (Å²) in [6, 6.07) is 0. The number of rotatable bonds is 43. The van der Waals surface area contributed by atoms with Crippen molar-refractivity contribution < 1.29 is 23.8 Å². The van der Waals surface area contributed by atoms with Crippen LogP contribution in [0.1, 0.15) is 201 Å². The Morgan fingerprint density at radius 1 is 0.383 bits per heavy atom. The highest BCUT2D eigenvalue weighted by Crippen LogP contribution is 2.12. The summed E-state index contributed by atoms with van der Waals surface area (Å²) in [5.74, 6) is -0.459. The zero-order chi connectivity index (χ0) is 43.5. The molecule has 0 rings (SSSR count). The standard InChI is InChI=1S/C55H90O5/c1-4-7-10-13-16-18-20-22-24-26-28-29-31-33-35-37-40-42-45-48-54(56)59-52-53(60-55(57)49-46-43-39-15-12-9-6-3)51-58-50-47-44-41-38-36-34-32-30-27-25-23-21-19-17-14-11-8-5-2/h7-8,10-11,16-19,22-25,28-30,32-33,35,53H,4-6,9,12-15,20-21,26-27,31,34,36-52H2,1-3H3/b10-7-,11-8-,18-16-,19-17-,24-22-,25-23-,29-28-,32-30-,35-33-. The number of ether oxygens (including phenoxy) is 3. The lowest BCUT2D eigenvalue weighted by Gasteiger charge is -2.18. The summed E-state index contributed by atoms with van der Waals surface area (Å²) < 4.78 is 17.3. The van der Waals surface area contributed by atoms with E-state index in [1.165, 1.54) is 44.9 Å². The largest absolute Gasteiger partial charge is 0.462 e. The molecule has 340 valence electrons. The molecule has 0 N–H and O–H groups in total. The van der Waals surface area contributed by atoms with Crippen molar-refractivity contribution in [2.75, 3.05) is 19.8 Å². The molecule has 60 heavy (non-hydrogen) atoms. The Kier molecular flexibility index (Phi) is 47.1. The van der Waals surface area contributed by atoms with Gasteiger partial charge in [-0.25, -0.2) is 0 Å². The molecule has 0 heterocycles. The summed E-state index contributed by atoms with van der Waals surface area (Å²) in [6.07, 6.45) is 68.2. The SMILES string of the molecule is CC/C=C\C/C=C\C/C=C\C/C=C\C/C=C\CCCCCC(=O)OCC(COCCCCCCC/C=C\C/C=C\C/C=C\C/C=C\CC)OC(=O)CCCCCCCCC. The van der Waals surface area contributed by atoms with E-state index in [1.54, 1.807) is 0 Å². The molecule has 5 nitrogen and oxygen atoms in total. The van der Waals surface area contributed by atoms with Crippen LogP contribution in [0.4, 0.5) is 0 Å². The highest BCUT2D eigenvalue weighted by molar-refractivity contribution is 5.70. The third kappa shape index (κ3) is 47.2. The lowest BCUT2D eigenvalue weighted by atomic mass is 10.1. The molecule has 0 radical (unpaired) electrons. The topological polar surface area (TPSA) is 61.8 Å². The van der Waals surface area contributed by atoms with Crippen LogP contribution < -0.4 is 0 Å². The van der Waals surface area contributed by atoms with Crippen molar-refractivity contribution in [3.63, 3.8) is 0 Å². The molecule has 0 saturated carbocycles. The van der Waals surface area contributed by atoms with Crippen LogP contribution in [0.25, 0.3) is 0 Å². The molecular formula is C55H90O5. The molecule has 1 unspecified atom stereocenters. The summed E-state index contributed by atoms with van der Waals surface area (Å²) in [5.41, 5.74) is 0. The monoisotopic (exact) mass is 831 g/mol. The van der Waals surface area contributed by atoms with Gasteiger partial charge in [0.1, 0.15) is 6.61 Å². The molecule has 5 heteroatoms. The van der Waals surface area contributed by atoms with Crippen molar-refractivity contribution in [1.82, 2.24) is 0 Å². The van der Waals surface area contributed by atoms with Crippen molar-refractivity contribution in [1.29, 1.82) is 0 Å². The molecule has 0 aromatic carbocycles. The first kappa shape index (κ1) is 56.6. The van der Waals surface area contributed by atoms with E-state index in [9.17, 15) is 9.59 Å². The van der Waals surface area contributed by atoms with E-state index in [2.05, 4.69) is 130 Å². The smallest absolute Gasteiger partial charge is 0.306 e. The highest BCUT2D eigenvalue weighted by atomic mass is 16.6. The average molecular weight is 831 g/mol. The normalized spacial score (nSPS) is 13.2. The van der Waals surface area contributed by atoms with Gasteiger partial charge in [0.2, 0.25) is 0 Å². The van der Waals surface area contributed by atoms with Crippen molar-refractivity contribution >= 4 is 11.9 Å². The Hall–Kier alpha value is -3.44. The second kappa shape index (κ2) is 49.9. The molecule has 1 atom stereocenters. The van der Waals surface area contributed by atoms with Gasteiger partial charge in [-0.1, -0.05) is 194 Å². The predicted molar refractivity (Wildman–Crippen MR) is 260 cm³/mol. The lowest BCUT2D eigenvalue weighted by Crippen LogP contribution is -2.30. The predicted octanol–water partition coefficient (Wildman–Crippen LogP) is 16.4. The van der Waals surface area contributed by atoms with Gasteiger partial charge in [-0.2, -0.15) is 0 Å². The first-order chi connectivity index (χ1) is 29.6. The Morgan fingerprint density at radius 2 is 0.750 bits per heavy atom. The third-order valence-electron chi connectivity index (χ3n) is 9.80. The zero-order valence-electron chi connectivity index (χ0n) is 38.9. The average Bonchev–Trinajstić information content (AvgIpc) is 3.25. The van der Waals surface area contributed by atoms with Gasteiger partial charge in [-0.3, -0.25) is 9.59 Å². The highest BCUT2D eigenvalue weighted by Gasteiger charge is 2.17. The van der Waals surface area contributed by atoms with E-state index < -0.39 is 6.10 Å². The molecule has 0 saturated heterocycles. The lowest BCUT2D eigenvalue weighted by molar-refractivity contribution is -0.163. The molecule has 0 aliphatic carbocycles. The number of carbonyl (C=O) groups excluding carboxylic acids is 2. The second-order valence-electron chi connectivity index (χ2n) is 15.6. The van der Waals surface area contributed by atoms with Crippen molar-refractivity contribution in [2.45, 2.75) is 207 Å². The van der Waals surface area contributed by atoms with Gasteiger partial charge in [0.25, 0.3) is 0 Å². The van der Waals surface area contributed by atoms with E-state index in [-0.39, 0.29) is 25.2 Å². The number of hydrogen-bond acceptors (Lipinski definition) is 5. The maximum atomic E-state index is 12.7. The maximum Gasteiger partial charge on any atom is 0.306 e. The van der Waals surface area contributed by atoms with Crippen LogP contribution in [0.2, 0.25) is 0 Å². The zero-order valence-corrected chi connectivity index (χ0v) is 38.9.